The van der Waals surface area contributed by atoms with Crippen molar-refractivity contribution in [3.63, 3.8) is 0 Å². The molecule has 132 valence electrons. The van der Waals surface area contributed by atoms with Crippen LogP contribution in [0.1, 0.15) is 43.4 Å². The summed E-state index contributed by atoms with van der Waals surface area (Å²) < 4.78 is 0. The number of amides is 1. The topological polar surface area (TPSA) is 32.3 Å². The second kappa shape index (κ2) is 8.82. The van der Waals surface area contributed by atoms with Crippen LogP contribution in [0.25, 0.3) is 0 Å². The first kappa shape index (κ1) is 17.7. The van der Waals surface area contributed by atoms with Crippen LogP contribution in [0.5, 0.6) is 0 Å². The maximum Gasteiger partial charge on any atom is 0.224 e. The van der Waals surface area contributed by atoms with Crippen molar-refractivity contribution in [2.45, 2.75) is 32.2 Å². The first-order valence-electron chi connectivity index (χ1n) is 9.36. The number of piperidine rings is 1. The Balaban J connectivity index is 1.70. The molecule has 0 aliphatic carbocycles. The molecule has 1 atom stereocenters. The van der Waals surface area contributed by atoms with E-state index in [1.165, 1.54) is 19.3 Å². The van der Waals surface area contributed by atoms with Crippen molar-refractivity contribution in [3.05, 3.63) is 71.8 Å². The van der Waals surface area contributed by atoms with E-state index in [-0.39, 0.29) is 17.9 Å². The van der Waals surface area contributed by atoms with Crippen LogP contribution in [0.4, 0.5) is 0 Å². The average molecular weight is 336 g/mol. The van der Waals surface area contributed by atoms with Crippen LogP contribution in [-0.2, 0) is 4.79 Å². The van der Waals surface area contributed by atoms with E-state index >= 15 is 0 Å². The lowest BCUT2D eigenvalue weighted by molar-refractivity contribution is -0.125. The van der Waals surface area contributed by atoms with Gasteiger partial charge >= 0.3 is 0 Å². The molecule has 1 amide bonds. The molecule has 0 aromatic heterocycles. The van der Waals surface area contributed by atoms with Crippen molar-refractivity contribution >= 4 is 5.91 Å². The van der Waals surface area contributed by atoms with Gasteiger partial charge in [0.05, 0.1) is 6.04 Å². The van der Waals surface area contributed by atoms with Crippen molar-refractivity contribution in [3.8, 4) is 0 Å². The Kier molecular flexibility index (Phi) is 6.24. The molecule has 1 N–H and O–H groups in total. The summed E-state index contributed by atoms with van der Waals surface area (Å²) in [4.78, 5) is 15.3. The van der Waals surface area contributed by atoms with E-state index in [9.17, 15) is 4.79 Å². The second-order valence-corrected chi connectivity index (χ2v) is 7.03. The van der Waals surface area contributed by atoms with Gasteiger partial charge in [-0.15, -0.1) is 0 Å². The smallest absolute Gasteiger partial charge is 0.224 e. The van der Waals surface area contributed by atoms with Crippen LogP contribution in [-0.4, -0.2) is 30.4 Å². The average Bonchev–Trinajstić information content (AvgIpc) is 2.68. The molecule has 25 heavy (non-hydrogen) atoms. The van der Waals surface area contributed by atoms with Gasteiger partial charge in [-0.25, -0.2) is 0 Å². The summed E-state index contributed by atoms with van der Waals surface area (Å²) in [5.41, 5.74) is 2.24. The highest BCUT2D eigenvalue weighted by Crippen LogP contribution is 2.22. The lowest BCUT2D eigenvalue weighted by atomic mass is 9.97. The van der Waals surface area contributed by atoms with Gasteiger partial charge in [0.2, 0.25) is 5.91 Å². The van der Waals surface area contributed by atoms with Crippen LogP contribution in [0.15, 0.2) is 60.7 Å². The highest BCUT2D eigenvalue weighted by Gasteiger charge is 2.22. The van der Waals surface area contributed by atoms with Crippen molar-refractivity contribution in [1.29, 1.82) is 0 Å². The number of benzene rings is 2. The molecule has 1 saturated heterocycles. The first-order valence-corrected chi connectivity index (χ1v) is 9.36. The number of carbonyl (C=O) groups excluding carboxylic acids is 1. The van der Waals surface area contributed by atoms with E-state index in [4.69, 9.17) is 0 Å². The number of nitrogens with zero attached hydrogens (tertiary/aromatic N) is 1. The molecular formula is C22H28N2O. The van der Waals surface area contributed by atoms with E-state index < -0.39 is 0 Å². The fourth-order valence-corrected chi connectivity index (χ4v) is 3.55. The lowest BCUT2D eigenvalue weighted by Gasteiger charge is -2.29. The van der Waals surface area contributed by atoms with E-state index in [1.807, 2.05) is 43.3 Å². The monoisotopic (exact) mass is 336 g/mol. The van der Waals surface area contributed by atoms with Gasteiger partial charge in [-0.2, -0.15) is 0 Å². The number of carbonyl (C=O) groups is 1. The van der Waals surface area contributed by atoms with Crippen LogP contribution in [0.2, 0.25) is 0 Å². The van der Waals surface area contributed by atoms with Gasteiger partial charge in [0, 0.05) is 12.5 Å². The minimum Gasteiger partial charge on any atom is -0.345 e. The molecule has 1 unspecified atom stereocenters. The molecule has 3 nitrogen and oxygen atoms in total. The van der Waals surface area contributed by atoms with Gasteiger partial charge in [-0.05, 0) is 37.1 Å². The van der Waals surface area contributed by atoms with Gasteiger partial charge in [-0.1, -0.05) is 74.0 Å². The molecule has 0 saturated carbocycles. The highest BCUT2D eigenvalue weighted by atomic mass is 16.1. The standard InChI is InChI=1S/C22H28N2O/c1-18(17-24-15-9-4-10-16-24)22(25)23-21(19-11-5-2-6-12-19)20-13-7-3-8-14-20/h2-3,5-8,11-14,18,21H,4,9-10,15-17H2,1H3,(H,23,25). The van der Waals surface area contributed by atoms with Crippen molar-refractivity contribution in [2.75, 3.05) is 19.6 Å². The Morgan fingerprint density at radius 2 is 1.44 bits per heavy atom. The summed E-state index contributed by atoms with van der Waals surface area (Å²) in [5, 5.41) is 3.27. The summed E-state index contributed by atoms with van der Waals surface area (Å²) in [5.74, 6) is 0.122. The molecule has 1 aliphatic rings. The summed E-state index contributed by atoms with van der Waals surface area (Å²) in [6.45, 7) is 5.13. The first-order chi connectivity index (χ1) is 12.2. The number of nitrogens with one attached hydrogen (secondary N) is 1. The lowest BCUT2D eigenvalue weighted by Crippen LogP contribution is -2.41. The molecule has 1 heterocycles. The quantitative estimate of drug-likeness (QED) is 0.864. The third kappa shape index (κ3) is 4.93. The number of hydrogen-bond donors (Lipinski definition) is 1. The zero-order chi connectivity index (χ0) is 17.5. The minimum absolute atomic E-state index is 0.00646. The third-order valence-corrected chi connectivity index (χ3v) is 4.98. The molecule has 1 aliphatic heterocycles. The predicted molar refractivity (Wildman–Crippen MR) is 102 cm³/mol. The van der Waals surface area contributed by atoms with Gasteiger partial charge in [0.15, 0.2) is 0 Å². The Hall–Kier alpha value is -2.13. The van der Waals surface area contributed by atoms with Crippen molar-refractivity contribution in [1.82, 2.24) is 10.2 Å². The van der Waals surface area contributed by atoms with E-state index in [0.717, 1.165) is 30.8 Å². The molecule has 1 fully saturated rings. The van der Waals surface area contributed by atoms with Gasteiger partial charge in [0.1, 0.15) is 0 Å². The van der Waals surface area contributed by atoms with Crippen LogP contribution in [0.3, 0.4) is 0 Å². The van der Waals surface area contributed by atoms with Crippen molar-refractivity contribution in [2.24, 2.45) is 5.92 Å². The fourth-order valence-electron chi connectivity index (χ4n) is 3.55. The van der Waals surface area contributed by atoms with Gasteiger partial charge in [0.25, 0.3) is 0 Å². The Labute approximate surface area is 151 Å². The minimum atomic E-state index is -0.0984. The molecule has 3 rings (SSSR count). The SMILES string of the molecule is CC(CN1CCCCC1)C(=O)NC(c1ccccc1)c1ccccc1. The Morgan fingerprint density at radius 3 is 1.96 bits per heavy atom. The summed E-state index contributed by atoms with van der Waals surface area (Å²) in [6.07, 6.45) is 3.83. The number of hydrogen-bond acceptors (Lipinski definition) is 2. The zero-order valence-corrected chi connectivity index (χ0v) is 15.0. The van der Waals surface area contributed by atoms with Gasteiger partial charge in [-0.3, -0.25) is 4.79 Å². The summed E-state index contributed by atoms with van der Waals surface area (Å²) >= 11 is 0. The zero-order valence-electron chi connectivity index (χ0n) is 15.0. The molecular weight excluding hydrogens is 308 g/mol. The Bertz CT molecular complexity index is 611. The predicted octanol–water partition coefficient (Wildman–Crippen LogP) is 4.01. The van der Waals surface area contributed by atoms with Gasteiger partial charge < -0.3 is 10.2 Å². The largest absolute Gasteiger partial charge is 0.345 e. The van der Waals surface area contributed by atoms with E-state index in [2.05, 4.69) is 34.5 Å². The van der Waals surface area contributed by atoms with Crippen LogP contribution < -0.4 is 5.32 Å². The van der Waals surface area contributed by atoms with E-state index in [0.29, 0.717) is 0 Å². The molecule has 2 aromatic rings. The third-order valence-electron chi connectivity index (χ3n) is 4.98. The molecule has 2 aromatic carbocycles. The van der Waals surface area contributed by atoms with E-state index in [1.54, 1.807) is 0 Å². The van der Waals surface area contributed by atoms with Crippen molar-refractivity contribution < 1.29 is 4.79 Å². The normalized spacial score (nSPS) is 16.6. The molecule has 0 bridgehead atoms. The maximum atomic E-state index is 12.8. The van der Waals surface area contributed by atoms with Crippen LogP contribution in [0, 0.1) is 5.92 Å². The molecule has 0 radical (unpaired) electrons. The second-order valence-electron chi connectivity index (χ2n) is 7.03. The number of rotatable bonds is 6. The summed E-state index contributed by atoms with van der Waals surface area (Å²) in [7, 11) is 0. The number of likely N-dealkylation sites (tertiary alicyclic amines) is 1. The molecule has 0 spiro atoms. The van der Waals surface area contributed by atoms with Crippen LogP contribution >= 0.6 is 0 Å². The Morgan fingerprint density at radius 1 is 0.920 bits per heavy atom. The summed E-state index contributed by atoms with van der Waals surface area (Å²) in [6, 6.07) is 20.3. The fraction of sp³-hybridized carbons (Fsp3) is 0.409. The highest BCUT2D eigenvalue weighted by molar-refractivity contribution is 5.79. The maximum absolute atomic E-state index is 12.8. The molecule has 3 heteroatoms.